The van der Waals surface area contributed by atoms with E-state index >= 15 is 0 Å². The molecule has 0 bridgehead atoms. The maximum Gasteiger partial charge on any atom is 0.157 e. The quantitative estimate of drug-likeness (QED) is 0.584. The first kappa shape index (κ1) is 15.3. The van der Waals surface area contributed by atoms with Crippen LogP contribution in [0.25, 0.3) is 17.1 Å². The normalized spacial score (nSPS) is 11.0. The van der Waals surface area contributed by atoms with Crippen LogP contribution in [-0.2, 0) is 0 Å². The molecule has 0 amide bonds. The van der Waals surface area contributed by atoms with E-state index in [0.717, 1.165) is 40.1 Å². The van der Waals surface area contributed by atoms with E-state index in [9.17, 15) is 0 Å². The fraction of sp³-hybridized carbons (Fsp3) is 0.158. The van der Waals surface area contributed by atoms with Crippen molar-refractivity contribution in [1.82, 2.24) is 14.4 Å². The van der Waals surface area contributed by atoms with Gasteiger partial charge < -0.3 is 14.5 Å². The van der Waals surface area contributed by atoms with Crippen molar-refractivity contribution in [3.05, 3.63) is 60.7 Å². The Morgan fingerprint density at radius 3 is 2.72 bits per heavy atom. The molecule has 0 radical (unpaired) electrons. The molecule has 0 aliphatic rings. The summed E-state index contributed by atoms with van der Waals surface area (Å²) in [5, 5.41) is 3.43. The fourth-order valence-corrected chi connectivity index (χ4v) is 2.70. The SMILES string of the molecule is CCOc1ccc(Nc2c(-c3ccc(C)o3)nc3cnccn23)cc1. The van der Waals surface area contributed by atoms with Crippen molar-refractivity contribution in [3.8, 4) is 17.2 Å². The van der Waals surface area contributed by atoms with Crippen LogP contribution in [0.4, 0.5) is 11.5 Å². The maximum atomic E-state index is 5.77. The first-order valence-electron chi connectivity index (χ1n) is 8.13. The van der Waals surface area contributed by atoms with Crippen LogP contribution in [0, 0.1) is 6.92 Å². The molecule has 0 atom stereocenters. The number of furan rings is 1. The third-order valence-electron chi connectivity index (χ3n) is 3.83. The monoisotopic (exact) mass is 334 g/mol. The molecule has 6 nitrogen and oxygen atoms in total. The van der Waals surface area contributed by atoms with Gasteiger partial charge in [0.15, 0.2) is 11.4 Å². The molecule has 0 aliphatic heterocycles. The molecule has 0 saturated carbocycles. The molecule has 0 aliphatic carbocycles. The van der Waals surface area contributed by atoms with Gasteiger partial charge >= 0.3 is 0 Å². The Morgan fingerprint density at radius 1 is 1.16 bits per heavy atom. The lowest BCUT2D eigenvalue weighted by Crippen LogP contribution is -1.97. The van der Waals surface area contributed by atoms with E-state index in [-0.39, 0.29) is 0 Å². The summed E-state index contributed by atoms with van der Waals surface area (Å²) in [6.45, 7) is 4.53. The molecule has 0 fully saturated rings. The first-order valence-corrected chi connectivity index (χ1v) is 8.13. The Bertz CT molecular complexity index is 1000. The number of imidazole rings is 1. The number of nitrogens with zero attached hydrogens (tertiary/aromatic N) is 3. The van der Waals surface area contributed by atoms with Crippen LogP contribution >= 0.6 is 0 Å². The molecule has 0 spiro atoms. The van der Waals surface area contributed by atoms with Gasteiger partial charge in [-0.2, -0.15) is 0 Å². The average molecular weight is 334 g/mol. The van der Waals surface area contributed by atoms with Crippen LogP contribution < -0.4 is 10.1 Å². The second-order valence-electron chi connectivity index (χ2n) is 5.61. The molecule has 0 unspecified atom stereocenters. The van der Waals surface area contributed by atoms with Crippen LogP contribution in [0.2, 0.25) is 0 Å². The van der Waals surface area contributed by atoms with Gasteiger partial charge in [0.25, 0.3) is 0 Å². The third-order valence-corrected chi connectivity index (χ3v) is 3.83. The van der Waals surface area contributed by atoms with Gasteiger partial charge in [-0.3, -0.25) is 9.38 Å². The van der Waals surface area contributed by atoms with Gasteiger partial charge in [0.1, 0.15) is 23.0 Å². The molecule has 1 aromatic carbocycles. The van der Waals surface area contributed by atoms with E-state index in [2.05, 4.69) is 15.3 Å². The Kier molecular flexibility index (Phi) is 3.85. The van der Waals surface area contributed by atoms with Crippen molar-refractivity contribution >= 4 is 17.2 Å². The van der Waals surface area contributed by atoms with E-state index in [1.54, 1.807) is 12.4 Å². The zero-order chi connectivity index (χ0) is 17.2. The van der Waals surface area contributed by atoms with Crippen molar-refractivity contribution in [2.45, 2.75) is 13.8 Å². The number of nitrogens with one attached hydrogen (secondary N) is 1. The van der Waals surface area contributed by atoms with Gasteiger partial charge in [-0.1, -0.05) is 0 Å². The predicted octanol–water partition coefficient (Wildman–Crippen LogP) is 4.44. The minimum Gasteiger partial charge on any atom is -0.494 e. The lowest BCUT2D eigenvalue weighted by molar-refractivity contribution is 0.340. The van der Waals surface area contributed by atoms with E-state index in [1.807, 2.05) is 60.8 Å². The molecule has 3 heterocycles. The molecule has 4 rings (SSSR count). The molecular weight excluding hydrogens is 316 g/mol. The van der Waals surface area contributed by atoms with Crippen molar-refractivity contribution in [2.24, 2.45) is 0 Å². The third kappa shape index (κ3) is 2.94. The summed E-state index contributed by atoms with van der Waals surface area (Å²) >= 11 is 0. The second-order valence-corrected chi connectivity index (χ2v) is 5.61. The largest absolute Gasteiger partial charge is 0.494 e. The number of rotatable bonds is 5. The van der Waals surface area contributed by atoms with Crippen molar-refractivity contribution in [2.75, 3.05) is 11.9 Å². The first-order chi connectivity index (χ1) is 12.2. The summed E-state index contributed by atoms with van der Waals surface area (Å²) in [6, 6.07) is 11.7. The van der Waals surface area contributed by atoms with Gasteiger partial charge in [0.2, 0.25) is 0 Å². The number of hydrogen-bond donors (Lipinski definition) is 1. The fourth-order valence-electron chi connectivity index (χ4n) is 2.70. The lowest BCUT2D eigenvalue weighted by Gasteiger charge is -2.09. The maximum absolute atomic E-state index is 5.77. The number of benzene rings is 1. The number of anilines is 2. The highest BCUT2D eigenvalue weighted by Gasteiger charge is 2.17. The Labute approximate surface area is 145 Å². The van der Waals surface area contributed by atoms with Crippen LogP contribution in [-0.4, -0.2) is 21.0 Å². The molecule has 126 valence electrons. The number of hydrogen-bond acceptors (Lipinski definition) is 5. The molecular formula is C19H18N4O2. The summed E-state index contributed by atoms with van der Waals surface area (Å²) in [7, 11) is 0. The summed E-state index contributed by atoms with van der Waals surface area (Å²) in [5.41, 5.74) is 2.43. The molecule has 0 saturated heterocycles. The second kappa shape index (κ2) is 6.32. The Balaban J connectivity index is 1.77. The smallest absolute Gasteiger partial charge is 0.157 e. The number of aryl methyl sites for hydroxylation is 1. The molecule has 4 aromatic rings. The molecule has 1 N–H and O–H groups in total. The molecule has 25 heavy (non-hydrogen) atoms. The van der Waals surface area contributed by atoms with Gasteiger partial charge in [-0.25, -0.2) is 4.98 Å². The summed E-state index contributed by atoms with van der Waals surface area (Å²) in [6.07, 6.45) is 5.33. The molecule has 3 aromatic heterocycles. The van der Waals surface area contributed by atoms with Gasteiger partial charge in [-0.15, -0.1) is 0 Å². The zero-order valence-electron chi connectivity index (χ0n) is 14.1. The number of ether oxygens (including phenoxy) is 1. The van der Waals surface area contributed by atoms with Crippen LogP contribution in [0.3, 0.4) is 0 Å². The van der Waals surface area contributed by atoms with E-state index in [1.165, 1.54) is 0 Å². The summed E-state index contributed by atoms with van der Waals surface area (Å²) in [4.78, 5) is 8.81. The van der Waals surface area contributed by atoms with Gasteiger partial charge in [0.05, 0.1) is 12.8 Å². The van der Waals surface area contributed by atoms with Crippen molar-refractivity contribution < 1.29 is 9.15 Å². The highest BCUT2D eigenvalue weighted by Crippen LogP contribution is 2.32. The van der Waals surface area contributed by atoms with Crippen LogP contribution in [0.5, 0.6) is 5.75 Å². The highest BCUT2D eigenvalue weighted by molar-refractivity contribution is 5.77. The topological polar surface area (TPSA) is 64.6 Å². The van der Waals surface area contributed by atoms with E-state index < -0.39 is 0 Å². The summed E-state index contributed by atoms with van der Waals surface area (Å²) < 4.78 is 13.2. The van der Waals surface area contributed by atoms with Gasteiger partial charge in [0, 0.05) is 18.1 Å². The number of fused-ring (bicyclic) bond motifs is 1. The van der Waals surface area contributed by atoms with E-state index in [4.69, 9.17) is 9.15 Å². The van der Waals surface area contributed by atoms with E-state index in [0.29, 0.717) is 6.61 Å². The minimum atomic E-state index is 0.648. The van der Waals surface area contributed by atoms with Crippen molar-refractivity contribution in [3.63, 3.8) is 0 Å². The zero-order valence-corrected chi connectivity index (χ0v) is 14.1. The van der Waals surface area contributed by atoms with Crippen molar-refractivity contribution in [1.29, 1.82) is 0 Å². The van der Waals surface area contributed by atoms with Gasteiger partial charge in [-0.05, 0) is 50.2 Å². The highest BCUT2D eigenvalue weighted by atomic mass is 16.5. The average Bonchev–Trinajstić information content (AvgIpc) is 3.21. The van der Waals surface area contributed by atoms with Crippen LogP contribution in [0.15, 0.2) is 59.4 Å². The standard InChI is InChI=1S/C19H18N4O2/c1-3-24-15-7-5-14(6-8-15)21-19-18(16-9-4-13(2)25-16)22-17-12-20-10-11-23(17)19/h4-12,21H,3H2,1-2H3. The summed E-state index contributed by atoms with van der Waals surface area (Å²) in [5.74, 6) is 3.24. The predicted molar refractivity (Wildman–Crippen MR) is 96.3 cm³/mol. The Hall–Kier alpha value is -3.28. The number of aromatic nitrogens is 3. The molecule has 6 heteroatoms. The van der Waals surface area contributed by atoms with Crippen LogP contribution in [0.1, 0.15) is 12.7 Å². The minimum absolute atomic E-state index is 0.648. The Morgan fingerprint density at radius 2 is 2.00 bits per heavy atom. The lowest BCUT2D eigenvalue weighted by atomic mass is 10.2.